The standard InChI is InChI=1S/C11H13F3N6O2S/c1-5-7(4-20(19-5)23(3,21)22)17-10-16-6(2)8(9(15)18-10)11(12,13)14/h4H,1-3H3,(H3,15,16,17,18). The molecule has 8 nitrogen and oxygen atoms in total. The van der Waals surface area contributed by atoms with Crippen molar-refractivity contribution in [2.24, 2.45) is 0 Å². The van der Waals surface area contributed by atoms with E-state index in [9.17, 15) is 21.6 Å². The molecule has 0 aliphatic carbocycles. The quantitative estimate of drug-likeness (QED) is 0.860. The zero-order valence-corrected chi connectivity index (χ0v) is 13.1. The van der Waals surface area contributed by atoms with Crippen molar-refractivity contribution in [3.05, 3.63) is 23.1 Å². The van der Waals surface area contributed by atoms with E-state index in [0.717, 1.165) is 23.5 Å². The summed E-state index contributed by atoms with van der Waals surface area (Å²) in [5.41, 5.74) is 4.43. The molecule has 0 unspecified atom stereocenters. The van der Waals surface area contributed by atoms with Gasteiger partial charge in [-0.1, -0.05) is 0 Å². The van der Waals surface area contributed by atoms with Crippen LogP contribution in [-0.4, -0.2) is 33.8 Å². The summed E-state index contributed by atoms with van der Waals surface area (Å²) in [6.07, 6.45) is -2.54. The zero-order chi connectivity index (χ0) is 17.6. The van der Waals surface area contributed by atoms with Crippen LogP contribution in [0.2, 0.25) is 0 Å². The van der Waals surface area contributed by atoms with E-state index in [1.54, 1.807) is 0 Å². The van der Waals surface area contributed by atoms with E-state index in [1.807, 2.05) is 0 Å². The van der Waals surface area contributed by atoms with Crippen LogP contribution in [0, 0.1) is 13.8 Å². The molecule has 23 heavy (non-hydrogen) atoms. The summed E-state index contributed by atoms with van der Waals surface area (Å²) in [5.74, 6) is -0.912. The Labute approximate surface area is 129 Å². The average molecular weight is 350 g/mol. The number of aromatic nitrogens is 4. The SMILES string of the molecule is Cc1nn(S(C)(=O)=O)cc1Nc1nc(C)c(C(F)(F)F)c(N)n1. The van der Waals surface area contributed by atoms with Crippen LogP contribution >= 0.6 is 0 Å². The van der Waals surface area contributed by atoms with Gasteiger partial charge in [0.15, 0.2) is 0 Å². The molecule has 0 aliphatic rings. The lowest BCUT2D eigenvalue weighted by Crippen LogP contribution is -2.15. The molecule has 2 rings (SSSR count). The van der Waals surface area contributed by atoms with Crippen LogP contribution in [0.1, 0.15) is 17.0 Å². The van der Waals surface area contributed by atoms with Crippen molar-refractivity contribution >= 4 is 27.5 Å². The van der Waals surface area contributed by atoms with Gasteiger partial charge in [0, 0.05) is 0 Å². The second-order valence-electron chi connectivity index (χ2n) is 4.78. The maximum absolute atomic E-state index is 12.8. The van der Waals surface area contributed by atoms with Crippen molar-refractivity contribution in [3.63, 3.8) is 0 Å². The molecule has 0 aliphatic heterocycles. The number of nitrogen functional groups attached to an aromatic ring is 1. The Morgan fingerprint density at radius 2 is 1.83 bits per heavy atom. The van der Waals surface area contributed by atoms with Gasteiger partial charge in [-0.2, -0.15) is 27.3 Å². The number of rotatable bonds is 3. The first-order valence-corrected chi connectivity index (χ1v) is 7.99. The first-order valence-electron chi connectivity index (χ1n) is 6.14. The van der Waals surface area contributed by atoms with Gasteiger partial charge in [-0.05, 0) is 13.8 Å². The Hall–Kier alpha value is -2.37. The molecule has 0 radical (unpaired) electrons. The van der Waals surface area contributed by atoms with E-state index in [0.29, 0.717) is 5.69 Å². The van der Waals surface area contributed by atoms with E-state index in [-0.39, 0.29) is 17.3 Å². The number of aryl methyl sites for hydroxylation is 2. The maximum Gasteiger partial charge on any atom is 0.421 e. The third-order valence-corrected chi connectivity index (χ3v) is 3.73. The van der Waals surface area contributed by atoms with Gasteiger partial charge >= 0.3 is 6.18 Å². The fourth-order valence-electron chi connectivity index (χ4n) is 1.85. The molecule has 0 saturated carbocycles. The molecule has 0 aromatic carbocycles. The number of nitrogens with two attached hydrogens (primary N) is 1. The highest BCUT2D eigenvalue weighted by atomic mass is 32.2. The molecule has 0 saturated heterocycles. The minimum absolute atomic E-state index is 0.191. The summed E-state index contributed by atoms with van der Waals surface area (Å²) < 4.78 is 62.0. The van der Waals surface area contributed by atoms with E-state index >= 15 is 0 Å². The molecule has 126 valence electrons. The number of alkyl halides is 3. The maximum atomic E-state index is 12.8. The van der Waals surface area contributed by atoms with E-state index in [2.05, 4.69) is 20.4 Å². The number of nitrogens with one attached hydrogen (secondary N) is 1. The van der Waals surface area contributed by atoms with Gasteiger partial charge in [-0.25, -0.2) is 13.4 Å². The largest absolute Gasteiger partial charge is 0.421 e. The molecule has 0 atom stereocenters. The van der Waals surface area contributed by atoms with E-state index < -0.39 is 27.6 Å². The molecule has 0 bridgehead atoms. The summed E-state index contributed by atoms with van der Waals surface area (Å²) >= 11 is 0. The van der Waals surface area contributed by atoms with Crippen molar-refractivity contribution in [2.45, 2.75) is 20.0 Å². The molecule has 0 spiro atoms. The van der Waals surface area contributed by atoms with Crippen LogP contribution in [0.25, 0.3) is 0 Å². The third-order valence-electron chi connectivity index (χ3n) is 2.87. The van der Waals surface area contributed by atoms with Gasteiger partial charge in [-0.15, -0.1) is 0 Å². The minimum atomic E-state index is -4.66. The molecular weight excluding hydrogens is 337 g/mol. The lowest BCUT2D eigenvalue weighted by molar-refractivity contribution is -0.137. The zero-order valence-electron chi connectivity index (χ0n) is 12.3. The summed E-state index contributed by atoms with van der Waals surface area (Å²) in [4.78, 5) is 7.26. The Morgan fingerprint density at radius 1 is 1.22 bits per heavy atom. The fourth-order valence-corrected chi connectivity index (χ4v) is 2.42. The number of hydrogen-bond acceptors (Lipinski definition) is 7. The van der Waals surface area contributed by atoms with Crippen LogP contribution in [0.4, 0.5) is 30.6 Å². The van der Waals surface area contributed by atoms with E-state index in [4.69, 9.17) is 5.73 Å². The molecule has 0 amide bonds. The minimum Gasteiger partial charge on any atom is -0.383 e. The van der Waals surface area contributed by atoms with Gasteiger partial charge in [0.2, 0.25) is 5.95 Å². The molecule has 2 heterocycles. The third kappa shape index (κ3) is 3.52. The summed E-state index contributed by atoms with van der Waals surface area (Å²) in [6, 6.07) is 0. The van der Waals surface area contributed by atoms with Crippen LogP contribution in [0.3, 0.4) is 0 Å². The number of halogens is 3. The van der Waals surface area contributed by atoms with Gasteiger partial charge < -0.3 is 11.1 Å². The Balaban J connectivity index is 2.41. The average Bonchev–Trinajstić information content (AvgIpc) is 2.67. The summed E-state index contributed by atoms with van der Waals surface area (Å²) in [7, 11) is -3.59. The number of nitrogens with zero attached hydrogens (tertiary/aromatic N) is 4. The molecule has 2 aromatic heterocycles. The lowest BCUT2D eigenvalue weighted by Gasteiger charge is -2.13. The van der Waals surface area contributed by atoms with Crippen molar-refractivity contribution in [2.75, 3.05) is 17.3 Å². The molecule has 0 fully saturated rings. The van der Waals surface area contributed by atoms with Gasteiger partial charge in [0.25, 0.3) is 10.0 Å². The second-order valence-corrected chi connectivity index (χ2v) is 6.62. The van der Waals surface area contributed by atoms with Crippen LogP contribution in [0.15, 0.2) is 6.20 Å². The van der Waals surface area contributed by atoms with Crippen molar-refractivity contribution < 1.29 is 21.6 Å². The van der Waals surface area contributed by atoms with Crippen LogP contribution in [0.5, 0.6) is 0 Å². The highest BCUT2D eigenvalue weighted by molar-refractivity contribution is 7.89. The Kier molecular flexibility index (Phi) is 3.96. The second kappa shape index (κ2) is 5.37. The first-order chi connectivity index (χ1) is 10.4. The smallest absolute Gasteiger partial charge is 0.383 e. The number of anilines is 3. The first kappa shape index (κ1) is 17.0. The van der Waals surface area contributed by atoms with Crippen molar-refractivity contribution in [1.82, 2.24) is 19.2 Å². The predicted molar refractivity (Wildman–Crippen MR) is 76.7 cm³/mol. The highest BCUT2D eigenvalue weighted by Crippen LogP contribution is 2.35. The molecule has 2 aromatic rings. The normalized spacial score (nSPS) is 12.4. The molecule has 12 heteroatoms. The van der Waals surface area contributed by atoms with Crippen molar-refractivity contribution in [3.8, 4) is 0 Å². The summed E-state index contributed by atoms with van der Waals surface area (Å²) in [6.45, 7) is 2.67. The Morgan fingerprint density at radius 3 is 2.26 bits per heavy atom. The Bertz CT molecular complexity index is 836. The highest BCUT2D eigenvalue weighted by Gasteiger charge is 2.36. The number of hydrogen-bond donors (Lipinski definition) is 2. The molecular formula is C11H13F3N6O2S. The van der Waals surface area contributed by atoms with Gasteiger partial charge in [0.05, 0.1) is 29.5 Å². The van der Waals surface area contributed by atoms with Crippen LogP contribution in [-0.2, 0) is 16.2 Å². The predicted octanol–water partition coefficient (Wildman–Crippen LogP) is 1.44. The van der Waals surface area contributed by atoms with Gasteiger partial charge in [0.1, 0.15) is 11.4 Å². The van der Waals surface area contributed by atoms with Gasteiger partial charge in [-0.3, -0.25) is 0 Å². The monoisotopic (exact) mass is 350 g/mol. The topological polar surface area (TPSA) is 116 Å². The van der Waals surface area contributed by atoms with Crippen molar-refractivity contribution in [1.29, 1.82) is 0 Å². The fraction of sp³-hybridized carbons (Fsp3) is 0.364. The molecule has 3 N–H and O–H groups in total. The van der Waals surface area contributed by atoms with E-state index in [1.165, 1.54) is 6.92 Å². The summed E-state index contributed by atoms with van der Waals surface area (Å²) in [5, 5.41) is 6.39. The van der Waals surface area contributed by atoms with Crippen LogP contribution < -0.4 is 11.1 Å². The lowest BCUT2D eigenvalue weighted by atomic mass is 10.2.